The minimum absolute atomic E-state index is 0.215. The number of piperidine rings is 1. The maximum absolute atomic E-state index is 12.6. The number of imidazole rings is 1. The second kappa shape index (κ2) is 7.64. The Morgan fingerprint density at radius 2 is 2.26 bits per heavy atom. The lowest BCUT2D eigenvalue weighted by Crippen LogP contribution is -2.44. The van der Waals surface area contributed by atoms with Gasteiger partial charge in [-0.1, -0.05) is 11.6 Å². The van der Waals surface area contributed by atoms with Crippen LogP contribution in [0.5, 0.6) is 0 Å². The molecule has 1 unspecified atom stereocenters. The van der Waals surface area contributed by atoms with E-state index in [2.05, 4.69) is 19.5 Å². The minimum Gasteiger partial charge on any atom is -0.340 e. The number of aryl methyl sites for hydroxylation is 2. The van der Waals surface area contributed by atoms with Crippen molar-refractivity contribution in [3.63, 3.8) is 0 Å². The Bertz CT molecular complexity index is 624. The van der Waals surface area contributed by atoms with Crippen LogP contribution in [-0.4, -0.2) is 42.7 Å². The number of hydrogen-bond acceptors (Lipinski definition) is 3. The van der Waals surface area contributed by atoms with Gasteiger partial charge in [-0.3, -0.25) is 9.48 Å². The largest absolute Gasteiger partial charge is 0.340 e. The predicted octanol–water partition coefficient (Wildman–Crippen LogP) is 2.59. The van der Waals surface area contributed by atoms with Crippen molar-refractivity contribution < 1.29 is 4.79 Å². The van der Waals surface area contributed by atoms with Gasteiger partial charge in [0.1, 0.15) is 0 Å². The molecule has 1 fully saturated rings. The van der Waals surface area contributed by atoms with Crippen LogP contribution in [-0.2, 0) is 17.9 Å². The van der Waals surface area contributed by atoms with E-state index in [0.29, 0.717) is 24.0 Å². The average Bonchev–Trinajstić information content (AvgIpc) is 3.22. The van der Waals surface area contributed by atoms with Crippen molar-refractivity contribution in [2.75, 3.05) is 6.54 Å². The van der Waals surface area contributed by atoms with Crippen LogP contribution in [0.1, 0.15) is 32.1 Å². The van der Waals surface area contributed by atoms with Crippen LogP contribution in [0.4, 0.5) is 0 Å². The quantitative estimate of drug-likeness (QED) is 0.815. The smallest absolute Gasteiger partial charge is 0.224 e. The lowest BCUT2D eigenvalue weighted by atomic mass is 9.99. The monoisotopic (exact) mass is 335 g/mol. The highest BCUT2D eigenvalue weighted by Gasteiger charge is 2.26. The first-order chi connectivity index (χ1) is 11.2. The Kier molecular flexibility index (Phi) is 5.33. The fourth-order valence-corrected chi connectivity index (χ4v) is 3.32. The van der Waals surface area contributed by atoms with E-state index in [1.54, 1.807) is 23.3 Å². The van der Waals surface area contributed by atoms with E-state index in [1.165, 1.54) is 6.42 Å². The van der Waals surface area contributed by atoms with E-state index in [-0.39, 0.29) is 5.91 Å². The van der Waals surface area contributed by atoms with E-state index >= 15 is 0 Å². The summed E-state index contributed by atoms with van der Waals surface area (Å²) in [7, 11) is 0. The highest BCUT2D eigenvalue weighted by molar-refractivity contribution is 6.30. The molecule has 1 atom stereocenters. The summed E-state index contributed by atoms with van der Waals surface area (Å²) in [6, 6.07) is 0.333. The van der Waals surface area contributed by atoms with Gasteiger partial charge in [-0.05, 0) is 25.7 Å². The van der Waals surface area contributed by atoms with Gasteiger partial charge in [-0.15, -0.1) is 0 Å². The second-order valence-electron chi connectivity index (χ2n) is 6.00. The standard InChI is InChI=1S/C16H22ClN5O/c17-14-11-19-21(12-14)9-5-16(23)22-7-2-1-3-15(22)4-8-20-10-6-18-13-20/h6,10-13,15H,1-5,7-9H2. The first kappa shape index (κ1) is 16.1. The maximum Gasteiger partial charge on any atom is 0.224 e. The van der Waals surface area contributed by atoms with Gasteiger partial charge in [0.05, 0.1) is 17.5 Å². The molecule has 1 amide bonds. The van der Waals surface area contributed by atoms with Crippen molar-refractivity contribution in [3.05, 3.63) is 36.1 Å². The summed E-state index contributed by atoms with van der Waals surface area (Å²) < 4.78 is 3.80. The molecule has 1 saturated heterocycles. The molecular formula is C16H22ClN5O. The lowest BCUT2D eigenvalue weighted by Gasteiger charge is -2.36. The summed E-state index contributed by atoms with van der Waals surface area (Å²) in [5.41, 5.74) is 0. The van der Waals surface area contributed by atoms with Crippen LogP contribution in [0.3, 0.4) is 0 Å². The van der Waals surface area contributed by atoms with Gasteiger partial charge in [-0.25, -0.2) is 4.98 Å². The minimum atomic E-state index is 0.215. The fourth-order valence-electron chi connectivity index (χ4n) is 3.16. The molecule has 2 aromatic heterocycles. The van der Waals surface area contributed by atoms with Gasteiger partial charge in [0.25, 0.3) is 0 Å². The Morgan fingerprint density at radius 1 is 1.35 bits per heavy atom. The van der Waals surface area contributed by atoms with Crippen molar-refractivity contribution in [1.82, 2.24) is 24.2 Å². The van der Waals surface area contributed by atoms with Gasteiger partial charge in [0.15, 0.2) is 0 Å². The molecule has 0 aliphatic carbocycles. The molecule has 6 nitrogen and oxygen atoms in total. The summed E-state index contributed by atoms with van der Waals surface area (Å²) in [5.74, 6) is 0.215. The van der Waals surface area contributed by atoms with Crippen LogP contribution in [0.25, 0.3) is 0 Å². The van der Waals surface area contributed by atoms with Crippen molar-refractivity contribution in [1.29, 1.82) is 0 Å². The number of likely N-dealkylation sites (tertiary alicyclic amines) is 1. The van der Waals surface area contributed by atoms with Crippen LogP contribution in [0.2, 0.25) is 5.02 Å². The first-order valence-corrected chi connectivity index (χ1v) is 8.53. The second-order valence-corrected chi connectivity index (χ2v) is 6.43. The van der Waals surface area contributed by atoms with Crippen molar-refractivity contribution in [2.24, 2.45) is 0 Å². The molecule has 0 saturated carbocycles. The molecule has 0 spiro atoms. The zero-order chi connectivity index (χ0) is 16.1. The van der Waals surface area contributed by atoms with Crippen molar-refractivity contribution in [2.45, 2.75) is 51.2 Å². The third-order valence-corrected chi connectivity index (χ3v) is 4.58. The Balaban J connectivity index is 1.53. The number of carbonyl (C=O) groups excluding carboxylic acids is 1. The Hall–Kier alpha value is -1.82. The number of carbonyl (C=O) groups is 1. The molecule has 7 heteroatoms. The van der Waals surface area contributed by atoms with Crippen LogP contribution >= 0.6 is 11.6 Å². The normalized spacial score (nSPS) is 18.3. The summed E-state index contributed by atoms with van der Waals surface area (Å²) in [4.78, 5) is 18.7. The van der Waals surface area contributed by atoms with Crippen LogP contribution in [0, 0.1) is 0 Å². The maximum atomic E-state index is 12.6. The summed E-state index contributed by atoms with van der Waals surface area (Å²) in [6.45, 7) is 2.35. The Morgan fingerprint density at radius 3 is 3.00 bits per heavy atom. The number of halogens is 1. The van der Waals surface area contributed by atoms with E-state index in [4.69, 9.17) is 11.6 Å². The molecule has 0 aromatic carbocycles. The number of rotatable bonds is 6. The fraction of sp³-hybridized carbons (Fsp3) is 0.562. The molecule has 0 N–H and O–H groups in total. The molecule has 124 valence electrons. The van der Waals surface area contributed by atoms with Crippen LogP contribution in [0.15, 0.2) is 31.1 Å². The van der Waals surface area contributed by atoms with Gasteiger partial charge < -0.3 is 9.47 Å². The third kappa shape index (κ3) is 4.34. The first-order valence-electron chi connectivity index (χ1n) is 8.15. The molecule has 0 bridgehead atoms. The number of amides is 1. The van der Waals surface area contributed by atoms with E-state index < -0.39 is 0 Å². The van der Waals surface area contributed by atoms with Crippen LogP contribution < -0.4 is 0 Å². The van der Waals surface area contributed by atoms with Gasteiger partial charge in [0, 0.05) is 50.7 Å². The van der Waals surface area contributed by atoms with Gasteiger partial charge in [-0.2, -0.15) is 5.10 Å². The molecule has 23 heavy (non-hydrogen) atoms. The van der Waals surface area contributed by atoms with Crippen molar-refractivity contribution >= 4 is 17.5 Å². The van der Waals surface area contributed by atoms with E-state index in [9.17, 15) is 4.79 Å². The number of nitrogens with zero attached hydrogens (tertiary/aromatic N) is 5. The molecule has 3 rings (SSSR count). The number of aromatic nitrogens is 4. The van der Waals surface area contributed by atoms with E-state index in [0.717, 1.165) is 32.4 Å². The average molecular weight is 336 g/mol. The summed E-state index contributed by atoms with van der Waals surface area (Å²) >= 11 is 5.85. The SMILES string of the molecule is O=C(CCn1cc(Cl)cn1)N1CCCCC1CCn1ccnc1. The summed E-state index contributed by atoms with van der Waals surface area (Å²) in [6.07, 6.45) is 13.8. The lowest BCUT2D eigenvalue weighted by molar-refractivity contribution is -0.135. The molecule has 1 aliphatic rings. The Labute approximate surface area is 141 Å². The molecule has 1 aliphatic heterocycles. The molecule has 0 radical (unpaired) electrons. The third-order valence-electron chi connectivity index (χ3n) is 4.38. The zero-order valence-electron chi connectivity index (χ0n) is 13.1. The van der Waals surface area contributed by atoms with E-state index in [1.807, 2.05) is 12.5 Å². The predicted molar refractivity (Wildman–Crippen MR) is 88.1 cm³/mol. The molecular weight excluding hydrogens is 314 g/mol. The summed E-state index contributed by atoms with van der Waals surface area (Å²) in [5, 5.41) is 4.73. The number of hydrogen-bond donors (Lipinski definition) is 0. The zero-order valence-corrected chi connectivity index (χ0v) is 13.9. The highest BCUT2D eigenvalue weighted by atomic mass is 35.5. The topological polar surface area (TPSA) is 56.0 Å². The van der Waals surface area contributed by atoms with Crippen molar-refractivity contribution in [3.8, 4) is 0 Å². The van der Waals surface area contributed by atoms with Gasteiger partial charge in [0.2, 0.25) is 5.91 Å². The van der Waals surface area contributed by atoms with Gasteiger partial charge >= 0.3 is 0 Å². The molecule has 3 heterocycles. The highest BCUT2D eigenvalue weighted by Crippen LogP contribution is 2.21. The molecule has 2 aromatic rings.